The number of carbonyl (C=O) groups excluding carboxylic acids is 1. The molecule has 0 saturated heterocycles. The first-order valence-corrected chi connectivity index (χ1v) is 6.92. The average molecular weight is 308 g/mol. The summed E-state index contributed by atoms with van der Waals surface area (Å²) in [5.41, 5.74) is -0.375. The van der Waals surface area contributed by atoms with Gasteiger partial charge in [-0.3, -0.25) is 4.79 Å². The van der Waals surface area contributed by atoms with E-state index in [4.69, 9.17) is 11.6 Å². The maximum absolute atomic E-state index is 13.6. The van der Waals surface area contributed by atoms with E-state index in [9.17, 15) is 13.6 Å². The van der Waals surface area contributed by atoms with Crippen molar-refractivity contribution in [2.75, 3.05) is 5.32 Å². The fraction of sp³-hybridized carbons (Fsp3) is 0.188. The second-order valence-corrected chi connectivity index (χ2v) is 5.58. The van der Waals surface area contributed by atoms with Crippen LogP contribution < -0.4 is 5.32 Å². The monoisotopic (exact) mass is 307 g/mol. The summed E-state index contributed by atoms with van der Waals surface area (Å²) >= 11 is 5.94. The van der Waals surface area contributed by atoms with Gasteiger partial charge in [-0.15, -0.1) is 0 Å². The SMILES string of the molecule is O=C(Nc1c(F)cccc1F)C1(c2cccc(Cl)c2)CC1. The molecule has 0 aliphatic heterocycles. The van der Waals surface area contributed by atoms with E-state index in [1.165, 1.54) is 6.07 Å². The Labute approximate surface area is 125 Å². The zero-order valence-corrected chi connectivity index (χ0v) is 11.8. The third-order valence-electron chi connectivity index (χ3n) is 3.76. The molecule has 0 radical (unpaired) electrons. The lowest BCUT2D eigenvalue weighted by Crippen LogP contribution is -2.28. The van der Waals surface area contributed by atoms with Gasteiger partial charge in [-0.25, -0.2) is 8.78 Å². The standard InChI is InChI=1S/C16H12ClF2NO/c17-11-4-1-3-10(9-11)16(7-8-16)15(21)20-14-12(18)5-2-6-13(14)19/h1-6,9H,7-8H2,(H,20,21). The van der Waals surface area contributed by atoms with Crippen LogP contribution in [0.15, 0.2) is 42.5 Å². The van der Waals surface area contributed by atoms with Gasteiger partial charge in [0.2, 0.25) is 5.91 Å². The number of rotatable bonds is 3. The number of anilines is 1. The van der Waals surface area contributed by atoms with Crippen LogP contribution in [0.2, 0.25) is 5.02 Å². The lowest BCUT2D eigenvalue weighted by molar-refractivity contribution is -0.118. The Bertz CT molecular complexity index is 693. The highest BCUT2D eigenvalue weighted by atomic mass is 35.5. The van der Waals surface area contributed by atoms with Gasteiger partial charge in [0.1, 0.15) is 17.3 Å². The molecule has 3 rings (SSSR count). The number of benzene rings is 2. The Morgan fingerprint density at radius 3 is 2.29 bits per heavy atom. The molecule has 0 spiro atoms. The van der Waals surface area contributed by atoms with Gasteiger partial charge in [0, 0.05) is 5.02 Å². The van der Waals surface area contributed by atoms with Gasteiger partial charge in [-0.05, 0) is 42.7 Å². The van der Waals surface area contributed by atoms with Crippen LogP contribution in [0.5, 0.6) is 0 Å². The van der Waals surface area contributed by atoms with Crippen molar-refractivity contribution >= 4 is 23.2 Å². The van der Waals surface area contributed by atoms with Crippen LogP contribution in [0, 0.1) is 11.6 Å². The van der Waals surface area contributed by atoms with Crippen molar-refractivity contribution in [3.63, 3.8) is 0 Å². The van der Waals surface area contributed by atoms with Gasteiger partial charge in [0.15, 0.2) is 0 Å². The molecule has 0 unspecified atom stereocenters. The molecule has 1 saturated carbocycles. The highest BCUT2D eigenvalue weighted by Crippen LogP contribution is 2.49. The van der Waals surface area contributed by atoms with E-state index in [0.29, 0.717) is 17.9 Å². The predicted molar refractivity (Wildman–Crippen MR) is 77.4 cm³/mol. The van der Waals surface area contributed by atoms with Crippen molar-refractivity contribution in [3.8, 4) is 0 Å². The fourth-order valence-electron chi connectivity index (χ4n) is 2.41. The van der Waals surface area contributed by atoms with E-state index in [2.05, 4.69) is 5.32 Å². The lowest BCUT2D eigenvalue weighted by Gasteiger charge is -2.16. The first-order chi connectivity index (χ1) is 10.0. The molecule has 1 aliphatic carbocycles. The number of amides is 1. The third-order valence-corrected chi connectivity index (χ3v) is 4.00. The van der Waals surface area contributed by atoms with Crippen molar-refractivity contribution < 1.29 is 13.6 Å². The Morgan fingerprint density at radius 1 is 1.10 bits per heavy atom. The number of hydrogen-bond donors (Lipinski definition) is 1. The number of carbonyl (C=O) groups is 1. The van der Waals surface area contributed by atoms with Gasteiger partial charge in [0.05, 0.1) is 5.41 Å². The molecule has 0 atom stereocenters. The molecule has 2 nitrogen and oxygen atoms in total. The number of nitrogens with one attached hydrogen (secondary N) is 1. The Kier molecular flexibility index (Phi) is 3.41. The Morgan fingerprint density at radius 2 is 1.71 bits per heavy atom. The molecule has 1 N–H and O–H groups in total. The molecular formula is C16H12ClF2NO. The van der Waals surface area contributed by atoms with Crippen molar-refractivity contribution in [3.05, 3.63) is 64.7 Å². The summed E-state index contributed by atoms with van der Waals surface area (Å²) in [5.74, 6) is -1.98. The molecule has 1 amide bonds. The molecule has 21 heavy (non-hydrogen) atoms. The van der Waals surface area contributed by atoms with Crippen LogP contribution in [0.4, 0.5) is 14.5 Å². The molecule has 1 fully saturated rings. The van der Waals surface area contributed by atoms with Gasteiger partial charge >= 0.3 is 0 Å². The minimum atomic E-state index is -0.787. The highest BCUT2D eigenvalue weighted by molar-refractivity contribution is 6.30. The van der Waals surface area contributed by atoms with Crippen LogP contribution in [-0.4, -0.2) is 5.91 Å². The predicted octanol–water partition coefficient (Wildman–Crippen LogP) is 4.29. The number of hydrogen-bond acceptors (Lipinski definition) is 1. The molecular weight excluding hydrogens is 296 g/mol. The topological polar surface area (TPSA) is 29.1 Å². The third kappa shape index (κ3) is 2.51. The Balaban J connectivity index is 1.89. The summed E-state index contributed by atoms with van der Waals surface area (Å²) in [5, 5.41) is 2.90. The van der Waals surface area contributed by atoms with Gasteiger partial charge in [0.25, 0.3) is 0 Å². The molecule has 0 aromatic heterocycles. The van der Waals surface area contributed by atoms with E-state index >= 15 is 0 Å². The highest BCUT2D eigenvalue weighted by Gasteiger charge is 2.51. The smallest absolute Gasteiger partial charge is 0.235 e. The van der Waals surface area contributed by atoms with E-state index < -0.39 is 28.6 Å². The first-order valence-electron chi connectivity index (χ1n) is 6.54. The molecule has 108 valence electrons. The summed E-state index contributed by atoms with van der Waals surface area (Å²) in [7, 11) is 0. The van der Waals surface area contributed by atoms with Crippen LogP contribution in [0.1, 0.15) is 18.4 Å². The minimum absolute atomic E-state index is 0.407. The van der Waals surface area contributed by atoms with Crippen molar-refractivity contribution in [1.82, 2.24) is 0 Å². The molecule has 2 aromatic rings. The van der Waals surface area contributed by atoms with Gasteiger partial charge in [-0.2, -0.15) is 0 Å². The van der Waals surface area contributed by atoms with Crippen LogP contribution in [0.25, 0.3) is 0 Å². The van der Waals surface area contributed by atoms with Crippen molar-refractivity contribution in [2.45, 2.75) is 18.3 Å². The second kappa shape index (κ2) is 5.11. The maximum atomic E-state index is 13.6. The summed E-state index contributed by atoms with van der Waals surface area (Å²) in [4.78, 5) is 12.4. The van der Waals surface area contributed by atoms with E-state index in [1.807, 2.05) is 0 Å². The summed E-state index contributed by atoms with van der Waals surface area (Å²) < 4.78 is 27.2. The molecule has 0 heterocycles. The minimum Gasteiger partial charge on any atom is -0.320 e. The van der Waals surface area contributed by atoms with E-state index in [0.717, 1.165) is 17.7 Å². The first kappa shape index (κ1) is 14.0. The molecule has 0 bridgehead atoms. The summed E-state index contributed by atoms with van der Waals surface area (Å²) in [6.07, 6.45) is 1.27. The molecule has 1 aliphatic rings. The molecule has 5 heteroatoms. The molecule has 2 aromatic carbocycles. The quantitative estimate of drug-likeness (QED) is 0.900. The zero-order valence-electron chi connectivity index (χ0n) is 11.0. The fourth-order valence-corrected chi connectivity index (χ4v) is 2.60. The average Bonchev–Trinajstić information content (AvgIpc) is 3.24. The zero-order chi connectivity index (χ0) is 15.0. The number of para-hydroxylation sites is 1. The van der Waals surface area contributed by atoms with Crippen molar-refractivity contribution in [2.24, 2.45) is 0 Å². The second-order valence-electron chi connectivity index (χ2n) is 5.14. The van der Waals surface area contributed by atoms with Gasteiger partial charge in [-0.1, -0.05) is 29.8 Å². The number of halogens is 3. The van der Waals surface area contributed by atoms with Gasteiger partial charge < -0.3 is 5.32 Å². The van der Waals surface area contributed by atoms with E-state index in [-0.39, 0.29) is 0 Å². The largest absolute Gasteiger partial charge is 0.320 e. The van der Waals surface area contributed by atoms with Crippen LogP contribution in [0.3, 0.4) is 0 Å². The van der Waals surface area contributed by atoms with Crippen LogP contribution in [-0.2, 0) is 10.2 Å². The normalized spacial score (nSPS) is 15.6. The summed E-state index contributed by atoms with van der Waals surface area (Å²) in [6.45, 7) is 0. The van der Waals surface area contributed by atoms with Crippen molar-refractivity contribution in [1.29, 1.82) is 0 Å². The summed E-state index contributed by atoms with van der Waals surface area (Å²) in [6, 6.07) is 10.5. The maximum Gasteiger partial charge on any atom is 0.235 e. The van der Waals surface area contributed by atoms with Crippen LogP contribution >= 0.6 is 11.6 Å². The Hall–Kier alpha value is -1.94. The lowest BCUT2D eigenvalue weighted by atomic mass is 9.95. The van der Waals surface area contributed by atoms with E-state index in [1.54, 1.807) is 24.3 Å².